The first-order valence-electron chi connectivity index (χ1n) is 5.55. The monoisotopic (exact) mass is 244 g/mol. The van der Waals surface area contributed by atoms with E-state index in [1.807, 2.05) is 25.1 Å². The lowest BCUT2D eigenvalue weighted by atomic mass is 10.2. The molecule has 18 heavy (non-hydrogen) atoms. The quantitative estimate of drug-likeness (QED) is 0.692. The number of halogens is 2. The molecule has 3 aromatic rings. The van der Waals surface area contributed by atoms with Crippen LogP contribution in [0.2, 0.25) is 0 Å². The number of H-pyrrole nitrogens is 1. The first-order chi connectivity index (χ1) is 8.63. The maximum absolute atomic E-state index is 13.2. The van der Waals surface area contributed by atoms with Gasteiger partial charge in [-0.2, -0.15) is 0 Å². The van der Waals surface area contributed by atoms with Crippen LogP contribution in [0.5, 0.6) is 0 Å². The molecule has 0 aliphatic heterocycles. The van der Waals surface area contributed by atoms with E-state index >= 15 is 0 Å². The highest BCUT2D eigenvalue weighted by Crippen LogP contribution is 2.23. The molecule has 2 aromatic carbocycles. The number of aromatic amines is 1. The van der Waals surface area contributed by atoms with Crippen LogP contribution in [0.15, 0.2) is 36.4 Å². The van der Waals surface area contributed by atoms with E-state index in [9.17, 15) is 8.78 Å². The SMILES string of the molecule is Cc1cccc2[nH]c(-c3cc(F)cc(F)c3)nc12. The van der Waals surface area contributed by atoms with Crippen LogP contribution in [0.1, 0.15) is 5.56 Å². The number of nitrogens with zero attached hydrogens (tertiary/aromatic N) is 1. The number of aromatic nitrogens is 2. The van der Waals surface area contributed by atoms with Crippen molar-refractivity contribution in [2.75, 3.05) is 0 Å². The summed E-state index contributed by atoms with van der Waals surface area (Å²) in [6.45, 7) is 1.94. The number of aryl methyl sites for hydroxylation is 1. The molecule has 1 aromatic heterocycles. The maximum atomic E-state index is 13.2. The van der Waals surface area contributed by atoms with Crippen molar-refractivity contribution in [1.82, 2.24) is 9.97 Å². The summed E-state index contributed by atoms with van der Waals surface area (Å²) in [4.78, 5) is 7.44. The van der Waals surface area contributed by atoms with Crippen molar-refractivity contribution < 1.29 is 8.78 Å². The molecule has 0 radical (unpaired) electrons. The summed E-state index contributed by atoms with van der Waals surface area (Å²) in [7, 11) is 0. The summed E-state index contributed by atoms with van der Waals surface area (Å²) in [5.41, 5.74) is 3.10. The second-order valence-corrected chi connectivity index (χ2v) is 4.21. The molecule has 0 aliphatic rings. The molecule has 1 N–H and O–H groups in total. The Bertz CT molecular complexity index is 711. The van der Waals surface area contributed by atoms with Gasteiger partial charge in [-0.1, -0.05) is 12.1 Å². The minimum atomic E-state index is -0.609. The van der Waals surface area contributed by atoms with E-state index in [1.165, 1.54) is 12.1 Å². The Kier molecular flexibility index (Phi) is 2.37. The fourth-order valence-electron chi connectivity index (χ4n) is 2.00. The van der Waals surface area contributed by atoms with Crippen molar-refractivity contribution in [2.24, 2.45) is 0 Å². The second kappa shape index (κ2) is 3.91. The molecular formula is C14H10F2N2. The minimum Gasteiger partial charge on any atom is -0.338 e. The standard InChI is InChI=1S/C14H10F2N2/c1-8-3-2-4-12-13(8)18-14(17-12)9-5-10(15)7-11(16)6-9/h2-7H,1H3,(H,17,18). The van der Waals surface area contributed by atoms with Crippen LogP contribution in [-0.4, -0.2) is 9.97 Å². The fraction of sp³-hybridized carbons (Fsp3) is 0.0714. The van der Waals surface area contributed by atoms with Gasteiger partial charge in [0.15, 0.2) is 0 Å². The number of benzene rings is 2. The topological polar surface area (TPSA) is 28.7 Å². The summed E-state index contributed by atoms with van der Waals surface area (Å²) in [6.07, 6.45) is 0. The van der Waals surface area contributed by atoms with Crippen molar-refractivity contribution in [3.8, 4) is 11.4 Å². The molecule has 0 saturated carbocycles. The van der Waals surface area contributed by atoms with Crippen LogP contribution in [0.4, 0.5) is 8.78 Å². The van der Waals surface area contributed by atoms with Gasteiger partial charge in [-0.15, -0.1) is 0 Å². The first kappa shape index (κ1) is 10.9. The van der Waals surface area contributed by atoms with Gasteiger partial charge in [-0.25, -0.2) is 13.8 Å². The van der Waals surface area contributed by atoms with Crippen LogP contribution in [0, 0.1) is 18.6 Å². The zero-order valence-electron chi connectivity index (χ0n) is 9.67. The third-order valence-electron chi connectivity index (χ3n) is 2.85. The molecule has 0 bridgehead atoms. The zero-order valence-corrected chi connectivity index (χ0v) is 9.67. The Morgan fingerprint density at radius 1 is 1.06 bits per heavy atom. The number of imidazole rings is 1. The van der Waals surface area contributed by atoms with Crippen molar-refractivity contribution in [2.45, 2.75) is 6.92 Å². The Morgan fingerprint density at radius 3 is 2.44 bits per heavy atom. The van der Waals surface area contributed by atoms with Gasteiger partial charge < -0.3 is 4.98 Å². The molecule has 0 amide bonds. The predicted octanol–water partition coefficient (Wildman–Crippen LogP) is 3.82. The van der Waals surface area contributed by atoms with Crippen molar-refractivity contribution in [3.63, 3.8) is 0 Å². The molecule has 90 valence electrons. The van der Waals surface area contributed by atoms with Crippen LogP contribution < -0.4 is 0 Å². The van der Waals surface area contributed by atoms with Gasteiger partial charge in [0, 0.05) is 11.6 Å². The van der Waals surface area contributed by atoms with Gasteiger partial charge in [0.25, 0.3) is 0 Å². The van der Waals surface area contributed by atoms with Crippen molar-refractivity contribution in [1.29, 1.82) is 0 Å². The van der Waals surface area contributed by atoms with E-state index in [2.05, 4.69) is 9.97 Å². The van der Waals surface area contributed by atoms with Gasteiger partial charge in [0.05, 0.1) is 11.0 Å². The number of hydrogen-bond acceptors (Lipinski definition) is 1. The predicted molar refractivity (Wildman–Crippen MR) is 66.2 cm³/mol. The van der Waals surface area contributed by atoms with Gasteiger partial charge in [-0.3, -0.25) is 0 Å². The van der Waals surface area contributed by atoms with Crippen molar-refractivity contribution >= 4 is 11.0 Å². The average molecular weight is 244 g/mol. The third-order valence-corrected chi connectivity index (χ3v) is 2.85. The molecule has 2 nitrogen and oxygen atoms in total. The van der Waals surface area contributed by atoms with E-state index in [4.69, 9.17) is 0 Å². The van der Waals surface area contributed by atoms with E-state index in [0.29, 0.717) is 11.4 Å². The van der Waals surface area contributed by atoms with E-state index in [0.717, 1.165) is 22.7 Å². The number of fused-ring (bicyclic) bond motifs is 1. The third kappa shape index (κ3) is 1.76. The van der Waals surface area contributed by atoms with Crippen LogP contribution in [0.3, 0.4) is 0 Å². The molecule has 0 spiro atoms. The maximum Gasteiger partial charge on any atom is 0.138 e. The molecule has 0 fully saturated rings. The number of para-hydroxylation sites is 1. The molecule has 0 unspecified atom stereocenters. The van der Waals surface area contributed by atoms with Gasteiger partial charge >= 0.3 is 0 Å². The van der Waals surface area contributed by atoms with Crippen LogP contribution in [0.25, 0.3) is 22.4 Å². The lowest BCUT2D eigenvalue weighted by molar-refractivity contribution is 0.584. The normalized spacial score (nSPS) is 11.1. The summed E-state index contributed by atoms with van der Waals surface area (Å²) in [5.74, 6) is -0.748. The summed E-state index contributed by atoms with van der Waals surface area (Å²) < 4.78 is 26.3. The largest absolute Gasteiger partial charge is 0.338 e. The summed E-state index contributed by atoms with van der Waals surface area (Å²) in [5, 5.41) is 0. The molecule has 1 heterocycles. The Hall–Kier alpha value is -2.23. The molecule has 0 atom stereocenters. The molecular weight excluding hydrogens is 234 g/mol. The molecule has 3 rings (SSSR count). The Morgan fingerprint density at radius 2 is 1.78 bits per heavy atom. The number of rotatable bonds is 1. The van der Waals surface area contributed by atoms with Crippen LogP contribution in [-0.2, 0) is 0 Å². The number of hydrogen-bond donors (Lipinski definition) is 1. The van der Waals surface area contributed by atoms with E-state index < -0.39 is 11.6 Å². The molecule has 4 heteroatoms. The zero-order chi connectivity index (χ0) is 12.7. The smallest absolute Gasteiger partial charge is 0.138 e. The van der Waals surface area contributed by atoms with Gasteiger partial charge in [-0.05, 0) is 30.7 Å². The number of nitrogens with one attached hydrogen (secondary N) is 1. The highest BCUT2D eigenvalue weighted by Gasteiger charge is 2.09. The lowest BCUT2D eigenvalue weighted by Gasteiger charge is -1.97. The van der Waals surface area contributed by atoms with Crippen LogP contribution >= 0.6 is 0 Å². The lowest BCUT2D eigenvalue weighted by Crippen LogP contribution is -1.85. The summed E-state index contributed by atoms with van der Waals surface area (Å²) >= 11 is 0. The molecule has 0 aliphatic carbocycles. The highest BCUT2D eigenvalue weighted by molar-refractivity contribution is 5.82. The fourth-order valence-corrected chi connectivity index (χ4v) is 2.00. The molecule has 0 saturated heterocycles. The first-order valence-corrected chi connectivity index (χ1v) is 5.55. The Balaban J connectivity index is 2.22. The average Bonchev–Trinajstić information content (AvgIpc) is 2.73. The highest BCUT2D eigenvalue weighted by atomic mass is 19.1. The van der Waals surface area contributed by atoms with Gasteiger partial charge in [0.1, 0.15) is 17.5 Å². The Labute approximate surface area is 102 Å². The minimum absolute atomic E-state index is 0.406. The summed E-state index contributed by atoms with van der Waals surface area (Å²) in [6, 6.07) is 9.10. The van der Waals surface area contributed by atoms with Crippen molar-refractivity contribution in [3.05, 3.63) is 53.6 Å². The van der Waals surface area contributed by atoms with Gasteiger partial charge in [0.2, 0.25) is 0 Å². The van der Waals surface area contributed by atoms with E-state index in [1.54, 1.807) is 0 Å². The van der Waals surface area contributed by atoms with E-state index in [-0.39, 0.29) is 0 Å². The second-order valence-electron chi connectivity index (χ2n) is 4.21.